The number of fused-ring (bicyclic) bond motifs is 1. The lowest BCUT2D eigenvalue weighted by Gasteiger charge is -2.17. The molecule has 1 aromatic carbocycles. The summed E-state index contributed by atoms with van der Waals surface area (Å²) in [5.74, 6) is 1.68. The standard InChI is InChI=1S/C15H20N4O/c20-11-5-8-16-14-12-6-1-2-7-13(12)17-15(18-14)19-9-3-4-10-19/h1-2,6-7,20H,3-5,8-11H2,(H,16,17,18). The van der Waals surface area contributed by atoms with Crippen molar-refractivity contribution in [3.8, 4) is 0 Å². The van der Waals surface area contributed by atoms with Gasteiger partial charge in [-0.1, -0.05) is 12.1 Å². The number of benzene rings is 1. The largest absolute Gasteiger partial charge is 0.396 e. The molecule has 0 atom stereocenters. The Morgan fingerprint density at radius 1 is 1.15 bits per heavy atom. The Kier molecular flexibility index (Phi) is 3.97. The number of para-hydroxylation sites is 1. The fourth-order valence-corrected chi connectivity index (χ4v) is 2.54. The summed E-state index contributed by atoms with van der Waals surface area (Å²) in [6.45, 7) is 2.98. The molecule has 5 nitrogen and oxygen atoms in total. The van der Waals surface area contributed by atoms with Crippen molar-refractivity contribution in [3.63, 3.8) is 0 Å². The number of nitrogens with one attached hydrogen (secondary N) is 1. The molecule has 0 aliphatic carbocycles. The van der Waals surface area contributed by atoms with Crippen LogP contribution in [-0.2, 0) is 0 Å². The van der Waals surface area contributed by atoms with Crippen molar-refractivity contribution in [1.82, 2.24) is 9.97 Å². The second-order valence-electron chi connectivity index (χ2n) is 5.09. The summed E-state index contributed by atoms with van der Waals surface area (Å²) in [4.78, 5) is 11.6. The minimum absolute atomic E-state index is 0.189. The van der Waals surface area contributed by atoms with Crippen LogP contribution in [0.25, 0.3) is 10.9 Å². The molecule has 3 rings (SSSR count). The number of hydrogen-bond donors (Lipinski definition) is 2. The normalized spacial score (nSPS) is 14.9. The van der Waals surface area contributed by atoms with Crippen molar-refractivity contribution in [2.24, 2.45) is 0 Å². The Labute approximate surface area is 118 Å². The van der Waals surface area contributed by atoms with Crippen LogP contribution in [0.5, 0.6) is 0 Å². The summed E-state index contributed by atoms with van der Waals surface area (Å²) in [6, 6.07) is 8.05. The number of aromatic nitrogens is 2. The van der Waals surface area contributed by atoms with Gasteiger partial charge in [-0.05, 0) is 31.4 Å². The first-order valence-electron chi connectivity index (χ1n) is 7.25. The molecule has 1 aliphatic heterocycles. The predicted octanol–water partition coefficient (Wildman–Crippen LogP) is 2.02. The Bertz CT molecular complexity index is 581. The monoisotopic (exact) mass is 272 g/mol. The van der Waals surface area contributed by atoms with E-state index in [1.807, 2.05) is 24.3 Å². The van der Waals surface area contributed by atoms with E-state index in [2.05, 4.69) is 20.2 Å². The van der Waals surface area contributed by atoms with Gasteiger partial charge in [-0.3, -0.25) is 0 Å². The Balaban J connectivity index is 1.95. The molecule has 1 saturated heterocycles. The first-order valence-corrected chi connectivity index (χ1v) is 7.25. The molecule has 0 unspecified atom stereocenters. The Morgan fingerprint density at radius 2 is 1.95 bits per heavy atom. The molecule has 0 bridgehead atoms. The van der Waals surface area contributed by atoms with Crippen LogP contribution in [0, 0.1) is 0 Å². The Morgan fingerprint density at radius 3 is 2.75 bits per heavy atom. The number of aliphatic hydroxyl groups excluding tert-OH is 1. The summed E-state index contributed by atoms with van der Waals surface area (Å²) < 4.78 is 0. The minimum Gasteiger partial charge on any atom is -0.396 e. The average molecular weight is 272 g/mol. The lowest BCUT2D eigenvalue weighted by molar-refractivity contribution is 0.292. The number of nitrogens with zero attached hydrogens (tertiary/aromatic N) is 3. The predicted molar refractivity (Wildman–Crippen MR) is 81.2 cm³/mol. The van der Waals surface area contributed by atoms with Crippen LogP contribution in [0.4, 0.5) is 11.8 Å². The van der Waals surface area contributed by atoms with Gasteiger partial charge < -0.3 is 15.3 Å². The van der Waals surface area contributed by atoms with Crippen LogP contribution in [0.15, 0.2) is 24.3 Å². The van der Waals surface area contributed by atoms with E-state index in [4.69, 9.17) is 5.11 Å². The van der Waals surface area contributed by atoms with Crippen molar-refractivity contribution >= 4 is 22.7 Å². The van der Waals surface area contributed by atoms with Crippen LogP contribution in [0.1, 0.15) is 19.3 Å². The van der Waals surface area contributed by atoms with Gasteiger partial charge in [0.25, 0.3) is 0 Å². The molecular weight excluding hydrogens is 252 g/mol. The van der Waals surface area contributed by atoms with E-state index in [-0.39, 0.29) is 6.61 Å². The van der Waals surface area contributed by atoms with Crippen molar-refractivity contribution in [1.29, 1.82) is 0 Å². The van der Waals surface area contributed by atoms with Gasteiger partial charge in [-0.25, -0.2) is 4.98 Å². The zero-order valence-electron chi connectivity index (χ0n) is 11.5. The average Bonchev–Trinajstić information content (AvgIpc) is 3.01. The smallest absolute Gasteiger partial charge is 0.227 e. The van der Waals surface area contributed by atoms with Crippen LogP contribution in [-0.4, -0.2) is 41.3 Å². The maximum Gasteiger partial charge on any atom is 0.227 e. The third kappa shape index (κ3) is 2.67. The van der Waals surface area contributed by atoms with Gasteiger partial charge in [0.2, 0.25) is 5.95 Å². The molecular formula is C15H20N4O. The second-order valence-corrected chi connectivity index (χ2v) is 5.09. The summed E-state index contributed by atoms with van der Waals surface area (Å²) >= 11 is 0. The van der Waals surface area contributed by atoms with Gasteiger partial charge in [-0.15, -0.1) is 0 Å². The van der Waals surface area contributed by atoms with E-state index in [0.29, 0.717) is 0 Å². The highest BCUT2D eigenvalue weighted by Crippen LogP contribution is 2.25. The lowest BCUT2D eigenvalue weighted by Crippen LogP contribution is -2.21. The van der Waals surface area contributed by atoms with E-state index < -0.39 is 0 Å². The molecule has 2 N–H and O–H groups in total. The maximum atomic E-state index is 8.90. The Hall–Kier alpha value is -1.88. The SMILES string of the molecule is OCCCNc1nc(N2CCCC2)nc2ccccc12. The molecule has 1 fully saturated rings. The fraction of sp³-hybridized carbons (Fsp3) is 0.467. The number of aliphatic hydroxyl groups is 1. The van der Waals surface area contributed by atoms with Crippen molar-refractivity contribution in [2.75, 3.05) is 36.5 Å². The van der Waals surface area contributed by atoms with Crippen LogP contribution in [0.2, 0.25) is 0 Å². The van der Waals surface area contributed by atoms with Crippen LogP contribution in [0.3, 0.4) is 0 Å². The molecule has 0 spiro atoms. The van der Waals surface area contributed by atoms with E-state index in [1.54, 1.807) is 0 Å². The molecule has 2 heterocycles. The van der Waals surface area contributed by atoms with E-state index in [9.17, 15) is 0 Å². The highest BCUT2D eigenvalue weighted by molar-refractivity contribution is 5.90. The van der Waals surface area contributed by atoms with Gasteiger partial charge in [-0.2, -0.15) is 4.98 Å². The summed E-state index contributed by atoms with van der Waals surface area (Å²) in [5, 5.41) is 13.3. The molecule has 1 aromatic heterocycles. The van der Waals surface area contributed by atoms with Crippen molar-refractivity contribution < 1.29 is 5.11 Å². The summed E-state index contributed by atoms with van der Waals surface area (Å²) in [6.07, 6.45) is 3.14. The summed E-state index contributed by atoms with van der Waals surface area (Å²) in [7, 11) is 0. The molecule has 0 amide bonds. The maximum absolute atomic E-state index is 8.90. The first-order chi connectivity index (χ1) is 9.88. The van der Waals surface area contributed by atoms with Crippen LogP contribution < -0.4 is 10.2 Å². The topological polar surface area (TPSA) is 61.3 Å². The van der Waals surface area contributed by atoms with Gasteiger partial charge >= 0.3 is 0 Å². The molecule has 20 heavy (non-hydrogen) atoms. The van der Waals surface area contributed by atoms with Crippen molar-refractivity contribution in [2.45, 2.75) is 19.3 Å². The van der Waals surface area contributed by atoms with Crippen molar-refractivity contribution in [3.05, 3.63) is 24.3 Å². The third-order valence-corrected chi connectivity index (χ3v) is 3.61. The third-order valence-electron chi connectivity index (χ3n) is 3.61. The van der Waals surface area contributed by atoms with Gasteiger partial charge in [0.1, 0.15) is 5.82 Å². The second kappa shape index (κ2) is 6.05. The fourth-order valence-electron chi connectivity index (χ4n) is 2.54. The summed E-state index contributed by atoms with van der Waals surface area (Å²) in [5.41, 5.74) is 0.968. The van der Waals surface area contributed by atoms with E-state index >= 15 is 0 Å². The quantitative estimate of drug-likeness (QED) is 0.815. The number of hydrogen-bond acceptors (Lipinski definition) is 5. The minimum atomic E-state index is 0.189. The molecule has 0 radical (unpaired) electrons. The molecule has 5 heteroatoms. The van der Waals surface area contributed by atoms with Crippen LogP contribution >= 0.6 is 0 Å². The van der Waals surface area contributed by atoms with E-state index in [0.717, 1.165) is 48.7 Å². The molecule has 2 aromatic rings. The van der Waals surface area contributed by atoms with E-state index in [1.165, 1.54) is 12.8 Å². The molecule has 106 valence electrons. The molecule has 0 saturated carbocycles. The lowest BCUT2D eigenvalue weighted by atomic mass is 10.2. The van der Waals surface area contributed by atoms with Gasteiger partial charge in [0, 0.05) is 31.6 Å². The van der Waals surface area contributed by atoms with Gasteiger partial charge in [0.05, 0.1) is 5.52 Å². The number of rotatable bonds is 5. The van der Waals surface area contributed by atoms with Gasteiger partial charge in [0.15, 0.2) is 0 Å². The zero-order chi connectivity index (χ0) is 13.8. The zero-order valence-corrected chi connectivity index (χ0v) is 11.5. The first kappa shape index (κ1) is 13.1. The number of anilines is 2. The highest BCUT2D eigenvalue weighted by Gasteiger charge is 2.17. The highest BCUT2D eigenvalue weighted by atomic mass is 16.3. The molecule has 1 aliphatic rings.